The van der Waals surface area contributed by atoms with Gasteiger partial charge < -0.3 is 10.1 Å². The maximum atomic E-state index is 12.9. The Morgan fingerprint density at radius 3 is 2.56 bits per heavy atom. The topological polar surface area (TPSA) is 38.3 Å². The minimum atomic E-state index is -0.381. The van der Waals surface area contributed by atoms with E-state index in [0.29, 0.717) is 18.2 Å². The first-order valence-electron chi connectivity index (χ1n) is 8.85. The molecule has 1 aliphatic rings. The molecule has 0 radical (unpaired) electrons. The highest BCUT2D eigenvalue weighted by molar-refractivity contribution is 6.31. The van der Waals surface area contributed by atoms with Crippen LogP contribution in [0.3, 0.4) is 0 Å². The van der Waals surface area contributed by atoms with Gasteiger partial charge in [-0.05, 0) is 43.0 Å². The molecule has 0 saturated heterocycles. The first kappa shape index (κ1) is 17.8. The van der Waals surface area contributed by atoms with Gasteiger partial charge in [0.25, 0.3) is 0 Å². The van der Waals surface area contributed by atoms with E-state index < -0.39 is 0 Å². The van der Waals surface area contributed by atoms with Crippen molar-refractivity contribution in [2.45, 2.75) is 38.0 Å². The fraction of sp³-hybridized carbons (Fsp3) is 0.381. The van der Waals surface area contributed by atoms with E-state index in [1.165, 1.54) is 0 Å². The average Bonchev–Trinajstić information content (AvgIpc) is 3.13. The Morgan fingerprint density at radius 1 is 1.16 bits per heavy atom. The SMILES string of the molecule is Cc1ccc(OCCNC(=O)C2(c3ccccc3)CCCC2)cc1Cl. The quantitative estimate of drug-likeness (QED) is 0.764. The van der Waals surface area contributed by atoms with Crippen LogP contribution in [0.15, 0.2) is 48.5 Å². The van der Waals surface area contributed by atoms with Gasteiger partial charge in [-0.3, -0.25) is 4.79 Å². The molecule has 25 heavy (non-hydrogen) atoms. The van der Waals surface area contributed by atoms with Gasteiger partial charge in [-0.1, -0.05) is 60.8 Å². The standard InChI is InChI=1S/C21H24ClNO2/c1-16-9-10-18(15-19(16)22)25-14-13-23-20(24)21(11-5-6-12-21)17-7-3-2-4-8-17/h2-4,7-10,15H,5-6,11-14H2,1H3,(H,23,24). The summed E-state index contributed by atoms with van der Waals surface area (Å²) in [5.74, 6) is 0.838. The van der Waals surface area contributed by atoms with Crippen molar-refractivity contribution < 1.29 is 9.53 Å². The van der Waals surface area contributed by atoms with Gasteiger partial charge in [-0.2, -0.15) is 0 Å². The van der Waals surface area contributed by atoms with Crippen molar-refractivity contribution in [1.29, 1.82) is 0 Å². The number of nitrogens with one attached hydrogen (secondary N) is 1. The van der Waals surface area contributed by atoms with Crippen LogP contribution in [0.4, 0.5) is 0 Å². The first-order chi connectivity index (χ1) is 12.1. The molecule has 1 saturated carbocycles. The lowest BCUT2D eigenvalue weighted by atomic mass is 9.78. The molecule has 3 nitrogen and oxygen atoms in total. The van der Waals surface area contributed by atoms with Gasteiger partial charge >= 0.3 is 0 Å². The summed E-state index contributed by atoms with van der Waals surface area (Å²) in [7, 11) is 0. The highest BCUT2D eigenvalue weighted by atomic mass is 35.5. The fourth-order valence-electron chi connectivity index (χ4n) is 3.55. The summed E-state index contributed by atoms with van der Waals surface area (Å²) in [5.41, 5.74) is 1.76. The zero-order valence-corrected chi connectivity index (χ0v) is 15.3. The van der Waals surface area contributed by atoms with Crippen molar-refractivity contribution in [3.8, 4) is 5.75 Å². The average molecular weight is 358 g/mol. The largest absolute Gasteiger partial charge is 0.492 e. The smallest absolute Gasteiger partial charge is 0.230 e. The third kappa shape index (κ3) is 3.98. The number of aryl methyl sites for hydroxylation is 1. The Labute approximate surface area is 154 Å². The lowest BCUT2D eigenvalue weighted by Gasteiger charge is -2.28. The highest BCUT2D eigenvalue weighted by Crippen LogP contribution is 2.41. The molecule has 0 aromatic heterocycles. The second-order valence-corrected chi connectivity index (χ2v) is 7.08. The minimum absolute atomic E-state index is 0.113. The number of hydrogen-bond donors (Lipinski definition) is 1. The van der Waals surface area contributed by atoms with E-state index in [-0.39, 0.29) is 11.3 Å². The molecule has 0 unspecified atom stereocenters. The Bertz CT molecular complexity index is 724. The summed E-state index contributed by atoms with van der Waals surface area (Å²) in [5, 5.41) is 3.75. The molecule has 1 aliphatic carbocycles. The molecule has 4 heteroatoms. The van der Waals surface area contributed by atoms with Crippen LogP contribution in [0, 0.1) is 6.92 Å². The summed E-state index contributed by atoms with van der Waals surface area (Å²) in [6.07, 6.45) is 4.02. The number of ether oxygens (including phenoxy) is 1. The first-order valence-corrected chi connectivity index (χ1v) is 9.22. The Balaban J connectivity index is 1.57. The summed E-state index contributed by atoms with van der Waals surface area (Å²) in [6.45, 7) is 2.87. The van der Waals surface area contributed by atoms with E-state index in [1.54, 1.807) is 6.07 Å². The normalized spacial score (nSPS) is 15.8. The van der Waals surface area contributed by atoms with Crippen molar-refractivity contribution in [3.63, 3.8) is 0 Å². The maximum Gasteiger partial charge on any atom is 0.230 e. The molecule has 132 valence electrons. The predicted octanol–water partition coefficient (Wildman–Crippen LogP) is 4.66. The van der Waals surface area contributed by atoms with Crippen LogP contribution in [0.25, 0.3) is 0 Å². The Hall–Kier alpha value is -2.00. The van der Waals surface area contributed by atoms with Crippen LogP contribution in [0.1, 0.15) is 36.8 Å². The van der Waals surface area contributed by atoms with E-state index in [9.17, 15) is 4.79 Å². The maximum absolute atomic E-state index is 12.9. The van der Waals surface area contributed by atoms with Gasteiger partial charge in [-0.15, -0.1) is 0 Å². The van der Waals surface area contributed by atoms with Crippen molar-refractivity contribution in [3.05, 3.63) is 64.7 Å². The number of amides is 1. The van der Waals surface area contributed by atoms with Crippen molar-refractivity contribution in [2.75, 3.05) is 13.2 Å². The molecule has 1 amide bonds. The molecule has 1 N–H and O–H groups in total. The predicted molar refractivity (Wildman–Crippen MR) is 101 cm³/mol. The van der Waals surface area contributed by atoms with E-state index in [2.05, 4.69) is 17.4 Å². The van der Waals surface area contributed by atoms with Gasteiger partial charge in [-0.25, -0.2) is 0 Å². The zero-order chi connectivity index (χ0) is 17.7. The number of carbonyl (C=O) groups excluding carboxylic acids is 1. The van der Waals surface area contributed by atoms with Gasteiger partial charge in [0.05, 0.1) is 12.0 Å². The molecule has 0 heterocycles. The van der Waals surface area contributed by atoms with Crippen molar-refractivity contribution >= 4 is 17.5 Å². The summed E-state index contributed by atoms with van der Waals surface area (Å²) in [6, 6.07) is 15.8. The summed E-state index contributed by atoms with van der Waals surface area (Å²) < 4.78 is 5.69. The minimum Gasteiger partial charge on any atom is -0.492 e. The van der Waals surface area contributed by atoms with Gasteiger partial charge in [0, 0.05) is 5.02 Å². The van der Waals surface area contributed by atoms with Gasteiger partial charge in [0.2, 0.25) is 5.91 Å². The number of hydrogen-bond acceptors (Lipinski definition) is 2. The summed E-state index contributed by atoms with van der Waals surface area (Å²) in [4.78, 5) is 12.9. The molecule has 0 atom stereocenters. The fourth-order valence-corrected chi connectivity index (χ4v) is 3.72. The van der Waals surface area contributed by atoms with E-state index in [1.807, 2.05) is 37.3 Å². The highest BCUT2D eigenvalue weighted by Gasteiger charge is 2.42. The number of halogens is 1. The molecular formula is C21H24ClNO2. The van der Waals surface area contributed by atoms with Crippen LogP contribution in [0.5, 0.6) is 5.75 Å². The monoisotopic (exact) mass is 357 g/mol. The molecule has 0 aliphatic heterocycles. The van der Waals surface area contributed by atoms with Crippen LogP contribution < -0.4 is 10.1 Å². The molecular weight excluding hydrogens is 334 g/mol. The lowest BCUT2D eigenvalue weighted by Crippen LogP contribution is -2.43. The second-order valence-electron chi connectivity index (χ2n) is 6.67. The zero-order valence-electron chi connectivity index (χ0n) is 14.6. The van der Waals surface area contributed by atoms with Gasteiger partial charge in [0.1, 0.15) is 12.4 Å². The van der Waals surface area contributed by atoms with Crippen LogP contribution in [-0.4, -0.2) is 19.1 Å². The molecule has 0 spiro atoms. The Morgan fingerprint density at radius 2 is 1.88 bits per heavy atom. The van der Waals surface area contributed by atoms with E-state index >= 15 is 0 Å². The van der Waals surface area contributed by atoms with Crippen molar-refractivity contribution in [1.82, 2.24) is 5.32 Å². The van der Waals surface area contributed by atoms with Crippen molar-refractivity contribution in [2.24, 2.45) is 0 Å². The molecule has 3 rings (SSSR count). The third-order valence-corrected chi connectivity index (χ3v) is 5.42. The van der Waals surface area contributed by atoms with Crippen LogP contribution >= 0.6 is 11.6 Å². The van der Waals surface area contributed by atoms with E-state index in [4.69, 9.17) is 16.3 Å². The molecule has 2 aromatic rings. The van der Waals surface area contributed by atoms with Crippen LogP contribution in [-0.2, 0) is 10.2 Å². The molecule has 0 bridgehead atoms. The molecule has 2 aromatic carbocycles. The third-order valence-electron chi connectivity index (χ3n) is 5.02. The second kappa shape index (κ2) is 7.92. The number of rotatable bonds is 6. The lowest BCUT2D eigenvalue weighted by molar-refractivity contribution is -0.126. The van der Waals surface area contributed by atoms with Gasteiger partial charge in [0.15, 0.2) is 0 Å². The van der Waals surface area contributed by atoms with E-state index in [0.717, 1.165) is 42.6 Å². The number of benzene rings is 2. The van der Waals surface area contributed by atoms with Crippen LogP contribution in [0.2, 0.25) is 5.02 Å². The Kier molecular flexibility index (Phi) is 5.64. The number of carbonyl (C=O) groups is 1. The molecule has 1 fully saturated rings. The summed E-state index contributed by atoms with van der Waals surface area (Å²) >= 11 is 6.10.